The molecule has 4 nitrogen and oxygen atoms in total. The van der Waals surface area contributed by atoms with Crippen LogP contribution in [0.15, 0.2) is 16.7 Å². The van der Waals surface area contributed by atoms with E-state index in [-0.39, 0.29) is 0 Å². The zero-order valence-corrected chi connectivity index (χ0v) is 13.7. The first-order valence-corrected chi connectivity index (χ1v) is 7.77. The third kappa shape index (κ3) is 3.67. The van der Waals surface area contributed by atoms with Crippen LogP contribution >= 0.6 is 27.3 Å². The van der Waals surface area contributed by atoms with Crippen LogP contribution in [0.1, 0.15) is 22.2 Å². The zero-order chi connectivity index (χ0) is 13.8. The third-order valence-corrected chi connectivity index (χ3v) is 4.46. The quantitative estimate of drug-likeness (QED) is 0.864. The van der Waals surface area contributed by atoms with E-state index in [1.807, 2.05) is 18.3 Å². The van der Waals surface area contributed by atoms with Crippen molar-refractivity contribution >= 4 is 39.0 Å². The smallest absolute Gasteiger partial charge is 0.224 e. The summed E-state index contributed by atoms with van der Waals surface area (Å²) in [4.78, 5) is 11.3. The monoisotopic (exact) mass is 340 g/mol. The molecule has 0 fully saturated rings. The molecule has 0 saturated carbocycles. The number of aromatic nitrogens is 2. The molecule has 0 amide bonds. The van der Waals surface area contributed by atoms with Gasteiger partial charge in [0.1, 0.15) is 5.82 Å². The van der Waals surface area contributed by atoms with E-state index in [4.69, 9.17) is 0 Å². The number of rotatable bonds is 5. The lowest BCUT2D eigenvalue weighted by Crippen LogP contribution is -2.06. The molecular formula is C13H17BrN4S. The molecule has 2 N–H and O–H groups in total. The average Bonchev–Trinajstić information content (AvgIpc) is 2.70. The fourth-order valence-corrected chi connectivity index (χ4v) is 2.97. The first-order valence-electron chi connectivity index (χ1n) is 6.16. The van der Waals surface area contributed by atoms with E-state index in [0.717, 1.165) is 23.4 Å². The molecule has 0 spiro atoms. The molecule has 0 radical (unpaired) electrons. The molecule has 6 heteroatoms. The lowest BCUT2D eigenvalue weighted by molar-refractivity contribution is 1.05. The molecule has 2 rings (SSSR count). The van der Waals surface area contributed by atoms with Crippen LogP contribution in [-0.4, -0.2) is 16.5 Å². The van der Waals surface area contributed by atoms with Gasteiger partial charge in [0.2, 0.25) is 5.95 Å². The van der Waals surface area contributed by atoms with Gasteiger partial charge in [-0.15, -0.1) is 11.3 Å². The predicted molar refractivity (Wildman–Crippen MR) is 85.0 cm³/mol. The second-order valence-corrected chi connectivity index (χ2v) is 6.42. The number of aryl methyl sites for hydroxylation is 2. The van der Waals surface area contributed by atoms with Crippen LogP contribution in [0.25, 0.3) is 0 Å². The summed E-state index contributed by atoms with van der Waals surface area (Å²) in [6, 6.07) is 2.22. The summed E-state index contributed by atoms with van der Waals surface area (Å²) in [5.74, 6) is 1.46. The Morgan fingerprint density at radius 2 is 2.11 bits per heavy atom. The number of halogens is 1. The summed E-state index contributed by atoms with van der Waals surface area (Å²) >= 11 is 5.28. The van der Waals surface area contributed by atoms with Crippen molar-refractivity contribution in [3.63, 3.8) is 0 Å². The van der Waals surface area contributed by atoms with Crippen LogP contribution < -0.4 is 10.6 Å². The van der Waals surface area contributed by atoms with E-state index in [1.165, 1.54) is 15.3 Å². The van der Waals surface area contributed by atoms with Crippen molar-refractivity contribution in [3.05, 3.63) is 32.1 Å². The van der Waals surface area contributed by atoms with Crippen molar-refractivity contribution < 1.29 is 0 Å². The topological polar surface area (TPSA) is 49.8 Å². The van der Waals surface area contributed by atoms with Gasteiger partial charge in [-0.2, -0.15) is 4.98 Å². The summed E-state index contributed by atoms with van der Waals surface area (Å²) in [6.45, 7) is 7.90. The summed E-state index contributed by atoms with van der Waals surface area (Å²) in [5.41, 5.74) is 1.34. The molecule has 0 saturated heterocycles. The summed E-state index contributed by atoms with van der Waals surface area (Å²) in [6.07, 6.45) is 1.76. The molecule has 2 heterocycles. The number of nitrogens with one attached hydrogen (secondary N) is 2. The third-order valence-electron chi connectivity index (χ3n) is 2.73. The number of hydrogen-bond donors (Lipinski definition) is 2. The summed E-state index contributed by atoms with van der Waals surface area (Å²) in [5, 5.41) is 6.45. The molecule has 0 unspecified atom stereocenters. The fourth-order valence-electron chi connectivity index (χ4n) is 1.64. The first kappa shape index (κ1) is 14.3. The van der Waals surface area contributed by atoms with Crippen molar-refractivity contribution in [2.45, 2.75) is 27.3 Å². The highest BCUT2D eigenvalue weighted by Gasteiger charge is 2.06. The highest BCUT2D eigenvalue weighted by atomic mass is 79.9. The van der Waals surface area contributed by atoms with Gasteiger partial charge >= 0.3 is 0 Å². The molecular weight excluding hydrogens is 324 g/mol. The standard InChI is InChI=1S/C13H17BrN4S/c1-4-15-13-17-7-11(14)12(18-13)16-6-10-5-8(2)9(3)19-10/h5,7H,4,6H2,1-3H3,(H2,15,16,17,18). The van der Waals surface area contributed by atoms with Crippen molar-refractivity contribution in [2.24, 2.45) is 0 Å². The largest absolute Gasteiger partial charge is 0.364 e. The summed E-state index contributed by atoms with van der Waals surface area (Å²) < 4.78 is 0.874. The molecule has 0 bridgehead atoms. The SMILES string of the molecule is CCNc1ncc(Br)c(NCc2cc(C)c(C)s2)n1. The Morgan fingerprint density at radius 1 is 1.32 bits per heavy atom. The zero-order valence-electron chi connectivity index (χ0n) is 11.2. The average molecular weight is 341 g/mol. The predicted octanol–water partition coefficient (Wildman–Crippen LogP) is 3.96. The van der Waals surface area contributed by atoms with E-state index in [1.54, 1.807) is 6.20 Å². The van der Waals surface area contributed by atoms with E-state index >= 15 is 0 Å². The van der Waals surface area contributed by atoms with Gasteiger partial charge in [-0.05, 0) is 48.3 Å². The van der Waals surface area contributed by atoms with Crippen LogP contribution in [0.3, 0.4) is 0 Å². The Balaban J connectivity index is 2.07. The maximum Gasteiger partial charge on any atom is 0.224 e. The molecule has 0 aliphatic heterocycles. The summed E-state index contributed by atoms with van der Waals surface area (Å²) in [7, 11) is 0. The molecule has 2 aromatic rings. The van der Waals surface area contributed by atoms with Gasteiger partial charge in [0, 0.05) is 22.5 Å². The molecule has 0 aromatic carbocycles. The Bertz CT molecular complexity index is 548. The van der Waals surface area contributed by atoms with Gasteiger partial charge in [-0.1, -0.05) is 0 Å². The minimum atomic E-state index is 0.645. The van der Waals surface area contributed by atoms with Gasteiger partial charge in [0.15, 0.2) is 0 Å². The Morgan fingerprint density at radius 3 is 2.74 bits per heavy atom. The number of thiophene rings is 1. The first-order chi connectivity index (χ1) is 9.10. The van der Waals surface area contributed by atoms with Crippen molar-refractivity contribution in [3.8, 4) is 0 Å². The second-order valence-electron chi connectivity index (χ2n) is 4.23. The Kier molecular flexibility index (Phi) is 4.76. The minimum Gasteiger partial charge on any atom is -0.364 e. The highest BCUT2D eigenvalue weighted by Crippen LogP contribution is 2.24. The van der Waals surface area contributed by atoms with Gasteiger partial charge in [-0.25, -0.2) is 4.98 Å². The van der Waals surface area contributed by atoms with Crippen molar-refractivity contribution in [1.82, 2.24) is 9.97 Å². The number of anilines is 2. The van der Waals surface area contributed by atoms with Crippen LogP contribution in [-0.2, 0) is 6.54 Å². The Labute approximate surface area is 125 Å². The maximum atomic E-state index is 4.43. The van der Waals surface area contributed by atoms with Gasteiger partial charge in [-0.3, -0.25) is 0 Å². The van der Waals surface area contributed by atoms with Crippen molar-refractivity contribution in [2.75, 3.05) is 17.2 Å². The molecule has 0 aliphatic rings. The molecule has 19 heavy (non-hydrogen) atoms. The van der Waals surface area contributed by atoms with E-state index in [2.05, 4.69) is 56.4 Å². The lowest BCUT2D eigenvalue weighted by atomic mass is 10.3. The molecule has 2 aromatic heterocycles. The van der Waals surface area contributed by atoms with Crippen LogP contribution in [0, 0.1) is 13.8 Å². The van der Waals surface area contributed by atoms with Gasteiger partial charge in [0.25, 0.3) is 0 Å². The van der Waals surface area contributed by atoms with Crippen LogP contribution in [0.2, 0.25) is 0 Å². The highest BCUT2D eigenvalue weighted by molar-refractivity contribution is 9.10. The maximum absolute atomic E-state index is 4.43. The fraction of sp³-hybridized carbons (Fsp3) is 0.385. The van der Waals surface area contributed by atoms with Crippen LogP contribution in [0.5, 0.6) is 0 Å². The van der Waals surface area contributed by atoms with E-state index < -0.39 is 0 Å². The second kappa shape index (κ2) is 6.34. The van der Waals surface area contributed by atoms with Gasteiger partial charge in [0.05, 0.1) is 11.0 Å². The molecule has 0 aliphatic carbocycles. The number of nitrogens with zero attached hydrogens (tertiary/aromatic N) is 2. The number of hydrogen-bond acceptors (Lipinski definition) is 5. The lowest BCUT2D eigenvalue weighted by Gasteiger charge is -2.08. The Hall–Kier alpha value is -1.14. The molecule has 102 valence electrons. The minimum absolute atomic E-state index is 0.645. The van der Waals surface area contributed by atoms with Gasteiger partial charge < -0.3 is 10.6 Å². The molecule has 0 atom stereocenters. The van der Waals surface area contributed by atoms with Crippen molar-refractivity contribution in [1.29, 1.82) is 0 Å². The van der Waals surface area contributed by atoms with Crippen LogP contribution in [0.4, 0.5) is 11.8 Å². The van der Waals surface area contributed by atoms with E-state index in [9.17, 15) is 0 Å². The van der Waals surface area contributed by atoms with E-state index in [0.29, 0.717) is 5.95 Å². The normalized spacial score (nSPS) is 10.5.